The Hall–Kier alpha value is -2.43. The van der Waals surface area contributed by atoms with E-state index >= 15 is 0 Å². The minimum absolute atomic E-state index is 0.0264. The van der Waals surface area contributed by atoms with Gasteiger partial charge in [0, 0.05) is 30.9 Å². The lowest BCUT2D eigenvalue weighted by Crippen LogP contribution is -2.15. The number of pyridine rings is 2. The number of hydrogen-bond acceptors (Lipinski definition) is 3. The summed E-state index contributed by atoms with van der Waals surface area (Å²) in [5.74, 6) is 0.781. The topological polar surface area (TPSA) is 52.7 Å². The fourth-order valence-corrected chi connectivity index (χ4v) is 2.03. The highest BCUT2D eigenvalue weighted by atomic mass is 16.1. The Labute approximate surface area is 103 Å². The molecule has 0 aromatic carbocycles. The highest BCUT2D eigenvalue weighted by Crippen LogP contribution is 2.18. The van der Waals surface area contributed by atoms with Crippen LogP contribution in [0.1, 0.15) is 5.69 Å². The molecule has 0 fully saturated rings. The van der Waals surface area contributed by atoms with Crippen molar-refractivity contribution in [1.82, 2.24) is 19.1 Å². The van der Waals surface area contributed by atoms with E-state index in [1.807, 2.05) is 23.8 Å². The van der Waals surface area contributed by atoms with Gasteiger partial charge in [0.25, 0.3) is 5.56 Å². The molecule has 3 heterocycles. The van der Waals surface area contributed by atoms with Crippen molar-refractivity contribution < 1.29 is 0 Å². The van der Waals surface area contributed by atoms with Crippen molar-refractivity contribution >= 4 is 10.9 Å². The van der Waals surface area contributed by atoms with Crippen LogP contribution < -0.4 is 5.56 Å². The molecule has 90 valence electrons. The van der Waals surface area contributed by atoms with Crippen LogP contribution in [0.25, 0.3) is 16.7 Å². The molecule has 18 heavy (non-hydrogen) atoms. The first kappa shape index (κ1) is 10.7. The van der Waals surface area contributed by atoms with Gasteiger partial charge in [0.2, 0.25) is 0 Å². The summed E-state index contributed by atoms with van der Waals surface area (Å²) in [5.41, 5.74) is 1.76. The van der Waals surface area contributed by atoms with Crippen LogP contribution in [-0.4, -0.2) is 19.1 Å². The number of rotatable bonds is 1. The molecule has 0 bridgehead atoms. The lowest BCUT2D eigenvalue weighted by molar-refractivity contribution is 0.900. The van der Waals surface area contributed by atoms with Gasteiger partial charge in [0.15, 0.2) is 0 Å². The van der Waals surface area contributed by atoms with Gasteiger partial charge in [-0.1, -0.05) is 0 Å². The van der Waals surface area contributed by atoms with Crippen molar-refractivity contribution in [2.45, 2.75) is 6.92 Å². The van der Waals surface area contributed by atoms with E-state index in [1.54, 1.807) is 36.3 Å². The predicted octanol–water partition coefficient (Wildman–Crippen LogP) is 1.43. The van der Waals surface area contributed by atoms with Gasteiger partial charge in [-0.25, -0.2) is 9.97 Å². The molecule has 5 nitrogen and oxygen atoms in total. The molecule has 0 saturated carbocycles. The number of aryl methyl sites for hydroxylation is 2. The maximum absolute atomic E-state index is 11.6. The molecule has 0 radical (unpaired) electrons. The third-order valence-electron chi connectivity index (χ3n) is 2.99. The molecule has 3 rings (SSSR count). The third kappa shape index (κ3) is 1.52. The van der Waals surface area contributed by atoms with Gasteiger partial charge >= 0.3 is 0 Å². The quantitative estimate of drug-likeness (QED) is 0.646. The van der Waals surface area contributed by atoms with Crippen molar-refractivity contribution in [2.75, 3.05) is 0 Å². The Morgan fingerprint density at radius 3 is 2.72 bits per heavy atom. The largest absolute Gasteiger partial charge is 0.311 e. The Morgan fingerprint density at radius 1 is 1.17 bits per heavy atom. The molecule has 0 N–H and O–H groups in total. The van der Waals surface area contributed by atoms with Gasteiger partial charge in [0.1, 0.15) is 12.1 Å². The van der Waals surface area contributed by atoms with Crippen molar-refractivity contribution in [3.63, 3.8) is 0 Å². The monoisotopic (exact) mass is 240 g/mol. The minimum atomic E-state index is -0.0264. The second kappa shape index (κ2) is 3.80. The van der Waals surface area contributed by atoms with Crippen molar-refractivity contribution in [2.24, 2.45) is 7.05 Å². The third-order valence-corrected chi connectivity index (χ3v) is 2.99. The van der Waals surface area contributed by atoms with Gasteiger partial charge in [-0.05, 0) is 19.1 Å². The maximum atomic E-state index is 11.6. The summed E-state index contributed by atoms with van der Waals surface area (Å²) in [5, 5.41) is 0.928. The molecule has 0 amide bonds. The number of aromatic nitrogens is 4. The van der Waals surface area contributed by atoms with Gasteiger partial charge in [-0.3, -0.25) is 9.36 Å². The van der Waals surface area contributed by atoms with Gasteiger partial charge in [-0.15, -0.1) is 0 Å². The highest BCUT2D eigenvalue weighted by molar-refractivity contribution is 5.85. The smallest absolute Gasteiger partial charge is 0.250 e. The summed E-state index contributed by atoms with van der Waals surface area (Å²) >= 11 is 0. The molecule has 0 spiro atoms. The zero-order chi connectivity index (χ0) is 12.7. The summed E-state index contributed by atoms with van der Waals surface area (Å²) in [7, 11) is 1.76. The van der Waals surface area contributed by atoms with Crippen LogP contribution >= 0.6 is 0 Å². The number of imidazole rings is 1. The second-order valence-electron chi connectivity index (χ2n) is 4.22. The van der Waals surface area contributed by atoms with Gasteiger partial charge in [0.05, 0.1) is 11.2 Å². The Morgan fingerprint density at radius 2 is 2.00 bits per heavy atom. The first-order valence-corrected chi connectivity index (χ1v) is 5.62. The molecule has 3 aromatic rings. The van der Waals surface area contributed by atoms with E-state index in [2.05, 4.69) is 9.97 Å². The summed E-state index contributed by atoms with van der Waals surface area (Å²) < 4.78 is 3.48. The van der Waals surface area contributed by atoms with E-state index < -0.39 is 0 Å². The number of fused-ring (bicyclic) bond motifs is 1. The molecular weight excluding hydrogens is 228 g/mol. The first-order chi connectivity index (χ1) is 8.66. The van der Waals surface area contributed by atoms with Crippen LogP contribution in [0.3, 0.4) is 0 Å². The number of nitrogens with zero attached hydrogens (tertiary/aromatic N) is 4. The van der Waals surface area contributed by atoms with Crippen LogP contribution in [0.2, 0.25) is 0 Å². The van der Waals surface area contributed by atoms with Crippen LogP contribution in [0.15, 0.2) is 41.7 Å². The summed E-state index contributed by atoms with van der Waals surface area (Å²) in [6.45, 7) is 1.93. The summed E-state index contributed by atoms with van der Waals surface area (Å²) in [4.78, 5) is 20.2. The van der Waals surface area contributed by atoms with Crippen molar-refractivity contribution in [3.05, 3.63) is 53.0 Å². The average Bonchev–Trinajstić information content (AvgIpc) is 2.80. The Bertz CT molecular complexity index is 785. The average molecular weight is 240 g/mol. The standard InChI is InChI=1S/C13H12N4O/c1-9-7-17(8-15-9)13-10-3-4-12(18)16(2)11(10)5-6-14-13/h3-8H,1-2H3. The molecule has 0 aliphatic heterocycles. The molecule has 0 aliphatic rings. The Balaban J connectivity index is 2.38. The molecule has 3 aromatic heterocycles. The first-order valence-electron chi connectivity index (χ1n) is 5.62. The minimum Gasteiger partial charge on any atom is -0.311 e. The SMILES string of the molecule is Cc1cn(-c2nccc3c2ccc(=O)n3C)cn1. The van der Waals surface area contributed by atoms with Crippen LogP contribution in [0, 0.1) is 6.92 Å². The van der Waals surface area contributed by atoms with E-state index in [9.17, 15) is 4.79 Å². The van der Waals surface area contributed by atoms with E-state index in [0.29, 0.717) is 0 Å². The highest BCUT2D eigenvalue weighted by Gasteiger charge is 2.07. The zero-order valence-corrected chi connectivity index (χ0v) is 10.2. The molecule has 0 aliphatic carbocycles. The van der Waals surface area contributed by atoms with Crippen LogP contribution in [0.4, 0.5) is 0 Å². The lowest BCUT2D eigenvalue weighted by Gasteiger charge is -2.08. The summed E-state index contributed by atoms with van der Waals surface area (Å²) in [6, 6.07) is 5.19. The molecule has 5 heteroatoms. The molecule has 0 atom stereocenters. The number of hydrogen-bond donors (Lipinski definition) is 0. The Kier molecular flexibility index (Phi) is 2.26. The normalized spacial score (nSPS) is 11.0. The lowest BCUT2D eigenvalue weighted by atomic mass is 10.2. The van der Waals surface area contributed by atoms with Crippen LogP contribution in [0.5, 0.6) is 0 Å². The molecular formula is C13H12N4O. The van der Waals surface area contributed by atoms with Gasteiger partial charge in [-0.2, -0.15) is 0 Å². The van der Waals surface area contributed by atoms with Gasteiger partial charge < -0.3 is 4.57 Å². The molecule has 0 saturated heterocycles. The zero-order valence-electron chi connectivity index (χ0n) is 10.2. The molecule has 0 unspecified atom stereocenters. The fourth-order valence-electron chi connectivity index (χ4n) is 2.03. The maximum Gasteiger partial charge on any atom is 0.250 e. The van der Waals surface area contributed by atoms with E-state index in [1.165, 1.54) is 0 Å². The van der Waals surface area contributed by atoms with Crippen LogP contribution in [-0.2, 0) is 7.05 Å². The van der Waals surface area contributed by atoms with E-state index in [-0.39, 0.29) is 5.56 Å². The predicted molar refractivity (Wildman–Crippen MR) is 68.8 cm³/mol. The van der Waals surface area contributed by atoms with Crippen molar-refractivity contribution in [1.29, 1.82) is 0 Å². The van der Waals surface area contributed by atoms with E-state index in [0.717, 1.165) is 22.4 Å². The fraction of sp³-hybridized carbons (Fsp3) is 0.154. The van der Waals surface area contributed by atoms with Crippen molar-refractivity contribution in [3.8, 4) is 5.82 Å². The van der Waals surface area contributed by atoms with E-state index in [4.69, 9.17) is 0 Å². The second-order valence-corrected chi connectivity index (χ2v) is 4.22. The summed E-state index contributed by atoms with van der Waals surface area (Å²) in [6.07, 6.45) is 5.33.